The van der Waals surface area contributed by atoms with Crippen LogP contribution in [0.4, 0.5) is 5.82 Å². The van der Waals surface area contributed by atoms with Crippen LogP contribution in [0.2, 0.25) is 0 Å². The Balaban J connectivity index is 1.72. The van der Waals surface area contributed by atoms with Crippen molar-refractivity contribution in [3.05, 3.63) is 41.3 Å². The smallest absolute Gasteiger partial charge is 0.272 e. The van der Waals surface area contributed by atoms with Gasteiger partial charge in [-0.3, -0.25) is 4.79 Å². The number of likely N-dealkylation sites (tertiary alicyclic amines) is 1. The average Bonchev–Trinajstić information content (AvgIpc) is 2.71. The zero-order chi connectivity index (χ0) is 20.1. The van der Waals surface area contributed by atoms with Gasteiger partial charge >= 0.3 is 0 Å². The maximum atomic E-state index is 12.9. The Bertz CT molecular complexity index is 840. The minimum absolute atomic E-state index is 0.0220. The van der Waals surface area contributed by atoms with Crippen LogP contribution in [0, 0.1) is 12.8 Å². The molecule has 1 saturated heterocycles. The number of hydrogen-bond acceptors (Lipinski definition) is 6. The van der Waals surface area contributed by atoms with Gasteiger partial charge in [-0.2, -0.15) is 0 Å². The molecule has 1 aromatic heterocycles. The molecule has 0 saturated carbocycles. The lowest BCUT2D eigenvalue weighted by atomic mass is 10.00. The molecule has 0 spiro atoms. The molecule has 150 valence electrons. The Morgan fingerprint density at radius 2 is 2.00 bits per heavy atom. The molecule has 7 nitrogen and oxygen atoms in total. The van der Waals surface area contributed by atoms with Gasteiger partial charge in [-0.1, -0.05) is 13.0 Å². The molecule has 1 amide bonds. The highest BCUT2D eigenvalue weighted by Crippen LogP contribution is 2.27. The van der Waals surface area contributed by atoms with Gasteiger partial charge in [-0.15, -0.1) is 0 Å². The number of nitrogens with zero attached hydrogens (tertiary/aromatic N) is 3. The van der Waals surface area contributed by atoms with Crippen molar-refractivity contribution in [2.75, 3.05) is 32.6 Å². The van der Waals surface area contributed by atoms with Crippen LogP contribution in [0.25, 0.3) is 0 Å². The number of ether oxygens (including phenoxy) is 2. The number of rotatable bonds is 6. The maximum absolute atomic E-state index is 12.9. The van der Waals surface area contributed by atoms with Crippen LogP contribution in [-0.2, 0) is 6.54 Å². The molecule has 2 heterocycles. The number of benzene rings is 1. The van der Waals surface area contributed by atoms with Crippen LogP contribution in [0.3, 0.4) is 0 Å². The van der Waals surface area contributed by atoms with E-state index in [0.29, 0.717) is 41.3 Å². The van der Waals surface area contributed by atoms with Crippen LogP contribution in [-0.4, -0.2) is 48.1 Å². The molecule has 1 aromatic carbocycles. The third-order valence-electron chi connectivity index (χ3n) is 4.92. The first-order valence-electron chi connectivity index (χ1n) is 9.60. The van der Waals surface area contributed by atoms with Crippen molar-refractivity contribution >= 4 is 11.7 Å². The number of aryl methyl sites for hydroxylation is 1. The summed E-state index contributed by atoms with van der Waals surface area (Å²) in [7, 11) is 3.23. The molecule has 0 aliphatic carbocycles. The third kappa shape index (κ3) is 4.71. The molecular formula is C21H28N4O3. The Labute approximate surface area is 166 Å². The zero-order valence-corrected chi connectivity index (χ0v) is 17.0. The normalized spacial score (nSPS) is 16.6. The van der Waals surface area contributed by atoms with E-state index < -0.39 is 0 Å². The van der Waals surface area contributed by atoms with Crippen LogP contribution < -0.4 is 14.8 Å². The molecule has 0 radical (unpaired) electrons. The van der Waals surface area contributed by atoms with Gasteiger partial charge in [0.1, 0.15) is 17.3 Å². The van der Waals surface area contributed by atoms with Crippen LogP contribution in [0.5, 0.6) is 11.5 Å². The van der Waals surface area contributed by atoms with Crippen LogP contribution >= 0.6 is 0 Å². The second kappa shape index (κ2) is 8.91. The van der Waals surface area contributed by atoms with Crippen molar-refractivity contribution in [1.82, 2.24) is 14.9 Å². The van der Waals surface area contributed by atoms with Crippen molar-refractivity contribution in [1.29, 1.82) is 0 Å². The topological polar surface area (TPSA) is 76.6 Å². The Hall–Kier alpha value is -2.83. The zero-order valence-electron chi connectivity index (χ0n) is 17.0. The molecule has 1 aliphatic rings. The Morgan fingerprint density at radius 3 is 2.71 bits per heavy atom. The molecular weight excluding hydrogens is 356 g/mol. The fraction of sp³-hybridized carbons (Fsp3) is 0.476. The lowest BCUT2D eigenvalue weighted by molar-refractivity contribution is 0.0676. The highest BCUT2D eigenvalue weighted by molar-refractivity contribution is 5.93. The molecule has 1 atom stereocenters. The molecule has 2 aromatic rings. The fourth-order valence-corrected chi connectivity index (χ4v) is 3.49. The van der Waals surface area contributed by atoms with Gasteiger partial charge < -0.3 is 19.7 Å². The molecule has 1 fully saturated rings. The summed E-state index contributed by atoms with van der Waals surface area (Å²) in [5.74, 6) is 3.08. The van der Waals surface area contributed by atoms with Crippen molar-refractivity contribution in [3.63, 3.8) is 0 Å². The summed E-state index contributed by atoms with van der Waals surface area (Å²) >= 11 is 0. The first-order valence-corrected chi connectivity index (χ1v) is 9.60. The number of piperidine rings is 1. The highest BCUT2D eigenvalue weighted by Gasteiger charge is 2.23. The number of anilines is 1. The van der Waals surface area contributed by atoms with E-state index in [0.717, 1.165) is 25.1 Å². The Morgan fingerprint density at radius 1 is 1.21 bits per heavy atom. The van der Waals surface area contributed by atoms with Crippen LogP contribution in [0.1, 0.15) is 41.6 Å². The highest BCUT2D eigenvalue weighted by atomic mass is 16.5. The second-order valence-corrected chi connectivity index (χ2v) is 7.23. The maximum Gasteiger partial charge on any atom is 0.272 e. The number of aromatic nitrogens is 2. The van der Waals surface area contributed by atoms with Crippen LogP contribution in [0.15, 0.2) is 24.3 Å². The standard InChI is InChI=1S/C21H28N4O3/c1-14-6-5-9-25(13-14)21(26)17-11-20(24-15(2)23-17)22-12-16-7-8-18(27-3)19(10-16)28-4/h7-8,10-11,14H,5-6,9,12-13H2,1-4H3,(H,22,23,24). The number of carbonyl (C=O) groups is 1. The van der Waals surface area contributed by atoms with E-state index >= 15 is 0 Å². The molecule has 1 aliphatic heterocycles. The summed E-state index contributed by atoms with van der Waals surface area (Å²) in [6.07, 6.45) is 2.21. The minimum atomic E-state index is -0.0220. The quantitative estimate of drug-likeness (QED) is 0.824. The summed E-state index contributed by atoms with van der Waals surface area (Å²) in [5, 5.41) is 3.28. The van der Waals surface area contributed by atoms with E-state index in [1.807, 2.05) is 23.1 Å². The van der Waals surface area contributed by atoms with Gasteiger partial charge in [0.25, 0.3) is 5.91 Å². The van der Waals surface area contributed by atoms with Crippen molar-refractivity contribution in [2.45, 2.75) is 33.2 Å². The number of amides is 1. The Kier molecular flexibility index (Phi) is 6.34. The molecule has 7 heteroatoms. The number of carbonyl (C=O) groups excluding carboxylic acids is 1. The van der Waals surface area contributed by atoms with E-state index in [1.54, 1.807) is 27.2 Å². The first-order chi connectivity index (χ1) is 13.5. The molecule has 1 N–H and O–H groups in total. The average molecular weight is 384 g/mol. The summed E-state index contributed by atoms with van der Waals surface area (Å²) in [6.45, 7) is 6.11. The lowest BCUT2D eigenvalue weighted by Crippen LogP contribution is -2.39. The largest absolute Gasteiger partial charge is 0.493 e. The monoisotopic (exact) mass is 384 g/mol. The van der Waals surface area contributed by atoms with E-state index in [4.69, 9.17) is 9.47 Å². The van der Waals surface area contributed by atoms with E-state index in [9.17, 15) is 4.79 Å². The summed E-state index contributed by atoms with van der Waals surface area (Å²) in [4.78, 5) is 23.5. The number of nitrogens with one attached hydrogen (secondary N) is 1. The van der Waals surface area contributed by atoms with Gasteiger partial charge in [-0.25, -0.2) is 9.97 Å². The van der Waals surface area contributed by atoms with Gasteiger partial charge in [0.15, 0.2) is 11.5 Å². The minimum Gasteiger partial charge on any atom is -0.493 e. The predicted octanol–water partition coefficient (Wildman–Crippen LogP) is 3.29. The van der Waals surface area contributed by atoms with E-state index in [2.05, 4.69) is 22.2 Å². The summed E-state index contributed by atoms with van der Waals surface area (Å²) < 4.78 is 10.6. The lowest BCUT2D eigenvalue weighted by Gasteiger charge is -2.30. The molecule has 1 unspecified atom stereocenters. The third-order valence-corrected chi connectivity index (χ3v) is 4.92. The van der Waals surface area contributed by atoms with Gasteiger partial charge in [0.2, 0.25) is 0 Å². The van der Waals surface area contributed by atoms with Gasteiger partial charge in [-0.05, 0) is 43.4 Å². The van der Waals surface area contributed by atoms with Gasteiger partial charge in [0, 0.05) is 25.7 Å². The van der Waals surface area contributed by atoms with E-state index in [1.165, 1.54) is 6.42 Å². The van der Waals surface area contributed by atoms with Crippen molar-refractivity contribution in [3.8, 4) is 11.5 Å². The van der Waals surface area contributed by atoms with Crippen molar-refractivity contribution in [2.24, 2.45) is 5.92 Å². The SMILES string of the molecule is COc1ccc(CNc2cc(C(=O)N3CCCC(C)C3)nc(C)n2)cc1OC. The first kappa shape index (κ1) is 19.9. The number of methoxy groups -OCH3 is 2. The predicted molar refractivity (Wildman–Crippen MR) is 108 cm³/mol. The van der Waals surface area contributed by atoms with Gasteiger partial charge in [0.05, 0.1) is 14.2 Å². The molecule has 28 heavy (non-hydrogen) atoms. The molecule has 3 rings (SSSR count). The summed E-state index contributed by atoms with van der Waals surface area (Å²) in [6, 6.07) is 7.48. The number of hydrogen-bond donors (Lipinski definition) is 1. The fourth-order valence-electron chi connectivity index (χ4n) is 3.49. The van der Waals surface area contributed by atoms with Crippen molar-refractivity contribution < 1.29 is 14.3 Å². The second-order valence-electron chi connectivity index (χ2n) is 7.23. The molecule has 0 bridgehead atoms. The van der Waals surface area contributed by atoms with E-state index in [-0.39, 0.29) is 5.91 Å². The summed E-state index contributed by atoms with van der Waals surface area (Å²) in [5.41, 5.74) is 1.46.